The second-order valence-electron chi connectivity index (χ2n) is 7.77. The van der Waals surface area contributed by atoms with Gasteiger partial charge in [-0.05, 0) is 42.3 Å². The fourth-order valence-corrected chi connectivity index (χ4v) is 4.31. The van der Waals surface area contributed by atoms with Crippen LogP contribution in [0.1, 0.15) is 5.69 Å². The Morgan fingerprint density at radius 1 is 0.875 bits per heavy atom. The molecule has 6 nitrogen and oxygen atoms in total. The lowest BCUT2D eigenvalue weighted by Crippen LogP contribution is -2.19. The van der Waals surface area contributed by atoms with Crippen molar-refractivity contribution in [3.8, 4) is 33.5 Å². The molecule has 0 saturated carbocycles. The van der Waals surface area contributed by atoms with Crippen LogP contribution in [0.15, 0.2) is 90.1 Å². The van der Waals surface area contributed by atoms with Crippen molar-refractivity contribution in [1.82, 2.24) is 24.6 Å². The molecule has 0 unspecified atom stereocenters. The number of rotatable bonds is 3. The third-order valence-corrected chi connectivity index (χ3v) is 5.80. The molecule has 0 fully saturated rings. The Morgan fingerprint density at radius 3 is 2.56 bits per heavy atom. The Labute approximate surface area is 183 Å². The molecule has 0 bridgehead atoms. The average molecular weight is 417 g/mol. The Hall–Kier alpha value is -4.45. The number of benzene rings is 2. The van der Waals surface area contributed by atoms with Gasteiger partial charge in [-0.25, -0.2) is 4.98 Å². The van der Waals surface area contributed by atoms with E-state index in [1.54, 1.807) is 10.7 Å². The summed E-state index contributed by atoms with van der Waals surface area (Å²) in [5.74, 6) is 0. The molecule has 4 aromatic heterocycles. The highest BCUT2D eigenvalue weighted by Gasteiger charge is 2.21. The van der Waals surface area contributed by atoms with E-state index in [0.717, 1.165) is 38.9 Å². The van der Waals surface area contributed by atoms with Crippen molar-refractivity contribution < 1.29 is 0 Å². The number of pyridine rings is 1. The van der Waals surface area contributed by atoms with E-state index in [1.165, 1.54) is 0 Å². The Kier molecular flexibility index (Phi) is 4.04. The van der Waals surface area contributed by atoms with Crippen molar-refractivity contribution in [3.63, 3.8) is 0 Å². The highest BCUT2D eigenvalue weighted by atomic mass is 16.1. The lowest BCUT2D eigenvalue weighted by atomic mass is 10.0. The van der Waals surface area contributed by atoms with Crippen molar-refractivity contribution in [2.24, 2.45) is 0 Å². The van der Waals surface area contributed by atoms with Gasteiger partial charge in [0.1, 0.15) is 0 Å². The van der Waals surface area contributed by atoms with Crippen LogP contribution >= 0.6 is 0 Å². The molecule has 154 valence electrons. The number of aromatic amines is 2. The van der Waals surface area contributed by atoms with Gasteiger partial charge in [0.25, 0.3) is 5.56 Å². The fourth-order valence-electron chi connectivity index (χ4n) is 4.31. The molecule has 0 radical (unpaired) electrons. The molecule has 32 heavy (non-hydrogen) atoms. The van der Waals surface area contributed by atoms with E-state index in [4.69, 9.17) is 4.98 Å². The van der Waals surface area contributed by atoms with Crippen LogP contribution in [0.3, 0.4) is 0 Å². The largest absolute Gasteiger partial charge is 0.367 e. The minimum absolute atomic E-state index is 0.130. The first-order chi connectivity index (χ1) is 15.7. The Bertz CT molecular complexity index is 1640. The molecular weight excluding hydrogens is 398 g/mol. The molecule has 6 rings (SSSR count). The number of aryl methyl sites for hydroxylation is 1. The maximum atomic E-state index is 13.7. The number of hydrogen-bond acceptors (Lipinski definition) is 3. The lowest BCUT2D eigenvalue weighted by Gasteiger charge is -2.08. The summed E-state index contributed by atoms with van der Waals surface area (Å²) in [6.45, 7) is 1.89. The topological polar surface area (TPSA) is 78.8 Å². The van der Waals surface area contributed by atoms with E-state index in [2.05, 4.69) is 15.1 Å². The summed E-state index contributed by atoms with van der Waals surface area (Å²) in [6, 6.07) is 21.8. The summed E-state index contributed by atoms with van der Waals surface area (Å²) in [5, 5.41) is 4.30. The SMILES string of the molecule is Cc1nc2c(-c3ccccc3)c(-c3cc[nH]c3)[nH]n2c(=O)c1-c1ccc2ncccc2c1. The lowest BCUT2D eigenvalue weighted by molar-refractivity contribution is 0.897. The van der Waals surface area contributed by atoms with Crippen molar-refractivity contribution in [2.75, 3.05) is 0 Å². The molecule has 6 aromatic rings. The molecule has 2 aromatic carbocycles. The molecule has 0 atom stereocenters. The van der Waals surface area contributed by atoms with E-state index >= 15 is 0 Å². The molecule has 0 aliphatic carbocycles. The highest BCUT2D eigenvalue weighted by Crippen LogP contribution is 2.34. The summed E-state index contributed by atoms with van der Waals surface area (Å²) in [5.41, 5.74) is 7.18. The normalized spacial score (nSPS) is 11.4. The van der Waals surface area contributed by atoms with Gasteiger partial charge in [-0.3, -0.25) is 14.9 Å². The fraction of sp³-hybridized carbons (Fsp3) is 0.0385. The second-order valence-corrected chi connectivity index (χ2v) is 7.77. The zero-order valence-corrected chi connectivity index (χ0v) is 17.3. The van der Waals surface area contributed by atoms with Crippen LogP contribution in [-0.2, 0) is 0 Å². The first-order valence-electron chi connectivity index (χ1n) is 10.4. The third-order valence-electron chi connectivity index (χ3n) is 5.80. The predicted octanol–water partition coefficient (Wildman–Crippen LogP) is 5.21. The maximum absolute atomic E-state index is 13.7. The van der Waals surface area contributed by atoms with Crippen molar-refractivity contribution in [2.45, 2.75) is 6.92 Å². The highest BCUT2D eigenvalue weighted by molar-refractivity contribution is 5.91. The first kappa shape index (κ1) is 18.3. The standard InChI is InChI=1S/C26H19N5O/c1-16-22(19-9-10-21-18(14-19)8-5-12-28-21)26(32)31-25(29-16)23(17-6-3-2-4-7-17)24(30-31)20-11-13-27-15-20/h2-15,27,30H,1H3. The average Bonchev–Trinajstić information content (AvgIpc) is 3.48. The number of aromatic nitrogens is 5. The zero-order valence-electron chi connectivity index (χ0n) is 17.3. The van der Waals surface area contributed by atoms with Crippen LogP contribution in [0, 0.1) is 6.92 Å². The van der Waals surface area contributed by atoms with E-state index in [1.807, 2.05) is 86.0 Å². The smallest absolute Gasteiger partial charge is 0.280 e. The molecular formula is C26H19N5O. The van der Waals surface area contributed by atoms with Gasteiger partial charge in [-0.15, -0.1) is 0 Å². The molecule has 0 saturated heterocycles. The maximum Gasteiger partial charge on any atom is 0.280 e. The molecule has 0 aliphatic rings. The molecule has 0 aliphatic heterocycles. The van der Waals surface area contributed by atoms with Crippen molar-refractivity contribution >= 4 is 16.6 Å². The van der Waals surface area contributed by atoms with Gasteiger partial charge >= 0.3 is 0 Å². The van der Waals surface area contributed by atoms with Crippen LogP contribution in [0.4, 0.5) is 0 Å². The second kappa shape index (κ2) is 7.06. The summed E-state index contributed by atoms with van der Waals surface area (Å²) >= 11 is 0. The van der Waals surface area contributed by atoms with Crippen LogP contribution in [0.2, 0.25) is 0 Å². The number of fused-ring (bicyclic) bond motifs is 2. The minimum atomic E-state index is -0.130. The molecule has 2 N–H and O–H groups in total. The van der Waals surface area contributed by atoms with E-state index < -0.39 is 0 Å². The Morgan fingerprint density at radius 2 is 1.75 bits per heavy atom. The van der Waals surface area contributed by atoms with Crippen LogP contribution in [0.25, 0.3) is 50.1 Å². The third kappa shape index (κ3) is 2.77. The first-order valence-corrected chi connectivity index (χ1v) is 10.4. The van der Waals surface area contributed by atoms with Gasteiger partial charge in [-0.2, -0.15) is 4.52 Å². The van der Waals surface area contributed by atoms with Gasteiger partial charge in [0, 0.05) is 29.5 Å². The van der Waals surface area contributed by atoms with E-state index in [0.29, 0.717) is 16.9 Å². The van der Waals surface area contributed by atoms with Gasteiger partial charge < -0.3 is 4.98 Å². The predicted molar refractivity (Wildman–Crippen MR) is 127 cm³/mol. The van der Waals surface area contributed by atoms with Crippen molar-refractivity contribution in [3.05, 3.63) is 101 Å². The minimum Gasteiger partial charge on any atom is -0.367 e. The number of H-pyrrole nitrogens is 2. The number of hydrogen-bond donors (Lipinski definition) is 2. The van der Waals surface area contributed by atoms with Gasteiger partial charge in [0.05, 0.1) is 28.0 Å². The number of nitrogens with zero attached hydrogens (tertiary/aromatic N) is 3. The summed E-state index contributed by atoms with van der Waals surface area (Å²) in [4.78, 5) is 26.1. The summed E-state index contributed by atoms with van der Waals surface area (Å²) in [6.07, 6.45) is 5.54. The zero-order chi connectivity index (χ0) is 21.7. The summed E-state index contributed by atoms with van der Waals surface area (Å²) < 4.78 is 1.56. The quantitative estimate of drug-likeness (QED) is 0.415. The van der Waals surface area contributed by atoms with Gasteiger partial charge in [0.15, 0.2) is 5.65 Å². The van der Waals surface area contributed by atoms with E-state index in [-0.39, 0.29) is 5.56 Å². The van der Waals surface area contributed by atoms with Crippen LogP contribution < -0.4 is 5.56 Å². The van der Waals surface area contributed by atoms with E-state index in [9.17, 15) is 4.79 Å². The molecule has 4 heterocycles. The van der Waals surface area contributed by atoms with Crippen molar-refractivity contribution in [1.29, 1.82) is 0 Å². The number of nitrogens with one attached hydrogen (secondary N) is 2. The summed E-state index contributed by atoms with van der Waals surface area (Å²) in [7, 11) is 0. The van der Waals surface area contributed by atoms with Gasteiger partial charge in [-0.1, -0.05) is 42.5 Å². The molecule has 0 amide bonds. The molecule has 6 heteroatoms. The van der Waals surface area contributed by atoms with Gasteiger partial charge in [0.2, 0.25) is 0 Å². The Balaban J connectivity index is 1.66. The molecule has 0 spiro atoms. The van der Waals surface area contributed by atoms with Crippen LogP contribution in [0.5, 0.6) is 0 Å². The monoisotopic (exact) mass is 417 g/mol. The van der Waals surface area contributed by atoms with Crippen LogP contribution in [-0.4, -0.2) is 24.6 Å².